The van der Waals surface area contributed by atoms with Gasteiger partial charge < -0.3 is 10.1 Å². The summed E-state index contributed by atoms with van der Waals surface area (Å²) in [5, 5.41) is 3.35. The lowest BCUT2D eigenvalue weighted by atomic mass is 9.98. The number of rotatable bonds is 7. The van der Waals surface area contributed by atoms with E-state index in [4.69, 9.17) is 4.74 Å². The molecule has 0 atom stereocenters. The number of nitrogens with zero attached hydrogens (tertiary/aromatic N) is 1. The molecule has 1 saturated heterocycles. The monoisotopic (exact) mass is 392 g/mol. The number of nitrogens with one attached hydrogen (secondary N) is 1. The first-order valence-electron chi connectivity index (χ1n) is 9.09. The molecule has 0 aromatic heterocycles. The minimum absolute atomic E-state index is 0.241. The van der Waals surface area contributed by atoms with Crippen LogP contribution in [0.3, 0.4) is 0 Å². The summed E-state index contributed by atoms with van der Waals surface area (Å²) in [4.78, 5) is 0.350. The van der Waals surface area contributed by atoms with Crippen molar-refractivity contribution in [2.24, 2.45) is 5.92 Å². The van der Waals surface area contributed by atoms with Crippen LogP contribution >= 0.6 is 0 Å². The molecule has 146 valence electrons. The average molecular weight is 392 g/mol. The van der Waals surface area contributed by atoms with E-state index in [1.54, 1.807) is 34.6 Å². The van der Waals surface area contributed by atoms with Crippen molar-refractivity contribution in [1.82, 2.24) is 9.62 Å². The highest BCUT2D eigenvalue weighted by molar-refractivity contribution is 7.89. The van der Waals surface area contributed by atoms with E-state index >= 15 is 0 Å². The lowest BCUT2D eigenvalue weighted by Gasteiger charge is -2.31. The quantitative estimate of drug-likeness (QED) is 0.787. The summed E-state index contributed by atoms with van der Waals surface area (Å²) < 4.78 is 45.5. The molecule has 1 aliphatic rings. The number of methoxy groups -OCH3 is 1. The fraction of sp³-hybridized carbons (Fsp3) is 0.400. The molecule has 1 N–H and O–H groups in total. The van der Waals surface area contributed by atoms with Gasteiger partial charge in [-0.1, -0.05) is 24.3 Å². The topological polar surface area (TPSA) is 58.6 Å². The summed E-state index contributed by atoms with van der Waals surface area (Å²) in [7, 11) is -1.96. The van der Waals surface area contributed by atoms with Crippen LogP contribution in [0, 0.1) is 11.7 Å². The zero-order valence-electron chi connectivity index (χ0n) is 15.4. The molecule has 5 nitrogen and oxygen atoms in total. The van der Waals surface area contributed by atoms with E-state index < -0.39 is 10.0 Å². The smallest absolute Gasteiger partial charge is 0.243 e. The van der Waals surface area contributed by atoms with Crippen molar-refractivity contribution in [3.8, 4) is 5.75 Å². The van der Waals surface area contributed by atoms with Crippen molar-refractivity contribution in [3.05, 3.63) is 59.9 Å². The van der Waals surface area contributed by atoms with Gasteiger partial charge in [-0.25, -0.2) is 12.8 Å². The van der Waals surface area contributed by atoms with Gasteiger partial charge in [0.2, 0.25) is 10.0 Å². The standard InChI is InChI=1S/C20H25FN2O3S/c1-26-20-8-7-17(13-19(20)21)15-22-14-16-9-11-23(12-10-16)27(24,25)18-5-3-2-4-6-18/h2-8,13,16,22H,9-12,14-15H2,1H3. The molecule has 7 heteroatoms. The first kappa shape index (κ1) is 19.8. The van der Waals surface area contributed by atoms with E-state index in [0.717, 1.165) is 24.9 Å². The highest BCUT2D eigenvalue weighted by atomic mass is 32.2. The Labute approximate surface area is 160 Å². The lowest BCUT2D eigenvalue weighted by molar-refractivity contribution is 0.267. The van der Waals surface area contributed by atoms with Gasteiger partial charge in [-0.05, 0) is 55.1 Å². The molecule has 0 radical (unpaired) electrons. The summed E-state index contributed by atoms with van der Waals surface area (Å²) in [6, 6.07) is 13.5. The van der Waals surface area contributed by atoms with Crippen molar-refractivity contribution in [1.29, 1.82) is 0 Å². The zero-order valence-corrected chi connectivity index (χ0v) is 16.2. The molecule has 0 amide bonds. The Kier molecular flexibility index (Phi) is 6.46. The molecular formula is C20H25FN2O3S. The number of benzene rings is 2. The molecule has 1 fully saturated rings. The third kappa shape index (κ3) is 4.86. The highest BCUT2D eigenvalue weighted by Crippen LogP contribution is 2.23. The molecule has 1 heterocycles. The van der Waals surface area contributed by atoms with E-state index in [2.05, 4.69) is 5.32 Å². The number of sulfonamides is 1. The molecule has 0 bridgehead atoms. The minimum atomic E-state index is -3.40. The first-order valence-corrected chi connectivity index (χ1v) is 10.5. The second kappa shape index (κ2) is 8.82. The maximum Gasteiger partial charge on any atom is 0.243 e. The number of halogens is 1. The SMILES string of the molecule is COc1ccc(CNCC2CCN(S(=O)(=O)c3ccccc3)CC2)cc1F. The molecule has 0 spiro atoms. The van der Waals surface area contributed by atoms with Gasteiger partial charge in [0.25, 0.3) is 0 Å². The van der Waals surface area contributed by atoms with Crippen LogP contribution in [-0.4, -0.2) is 39.5 Å². The maximum absolute atomic E-state index is 13.7. The van der Waals surface area contributed by atoms with Crippen molar-refractivity contribution in [2.75, 3.05) is 26.7 Å². The Hall–Kier alpha value is -1.96. The third-order valence-electron chi connectivity index (χ3n) is 4.93. The van der Waals surface area contributed by atoms with Crippen molar-refractivity contribution in [2.45, 2.75) is 24.3 Å². The van der Waals surface area contributed by atoms with Crippen LogP contribution in [0.25, 0.3) is 0 Å². The fourth-order valence-electron chi connectivity index (χ4n) is 3.34. The molecule has 0 unspecified atom stereocenters. The van der Waals surface area contributed by atoms with Gasteiger partial charge >= 0.3 is 0 Å². The molecule has 0 aliphatic carbocycles. The van der Waals surface area contributed by atoms with Gasteiger partial charge in [0.05, 0.1) is 12.0 Å². The van der Waals surface area contributed by atoms with Crippen LogP contribution in [0.5, 0.6) is 5.75 Å². The van der Waals surface area contributed by atoms with E-state index in [1.807, 2.05) is 12.1 Å². The normalized spacial score (nSPS) is 16.4. The third-order valence-corrected chi connectivity index (χ3v) is 6.85. The Morgan fingerprint density at radius 3 is 2.48 bits per heavy atom. The molecular weight excluding hydrogens is 367 g/mol. The Balaban J connectivity index is 1.47. The molecule has 1 aliphatic heterocycles. The Bertz CT molecular complexity index is 851. The van der Waals surface area contributed by atoms with Gasteiger partial charge in [0.1, 0.15) is 0 Å². The van der Waals surface area contributed by atoms with Gasteiger partial charge in [-0.2, -0.15) is 4.31 Å². The first-order chi connectivity index (χ1) is 13.0. The van der Waals surface area contributed by atoms with Crippen LogP contribution in [0.15, 0.2) is 53.4 Å². The van der Waals surface area contributed by atoms with Crippen molar-refractivity contribution < 1.29 is 17.5 Å². The summed E-state index contributed by atoms with van der Waals surface area (Å²) >= 11 is 0. The average Bonchev–Trinajstić information content (AvgIpc) is 2.69. The summed E-state index contributed by atoms with van der Waals surface area (Å²) in [6.07, 6.45) is 1.63. The maximum atomic E-state index is 13.7. The Morgan fingerprint density at radius 2 is 1.85 bits per heavy atom. The second-order valence-electron chi connectivity index (χ2n) is 6.76. The number of hydrogen-bond donors (Lipinski definition) is 1. The van der Waals surface area contributed by atoms with E-state index in [1.165, 1.54) is 13.2 Å². The predicted octanol–water partition coefficient (Wildman–Crippen LogP) is 3.02. The van der Waals surface area contributed by atoms with E-state index in [0.29, 0.717) is 30.4 Å². The van der Waals surface area contributed by atoms with Crippen molar-refractivity contribution >= 4 is 10.0 Å². The highest BCUT2D eigenvalue weighted by Gasteiger charge is 2.28. The van der Waals surface area contributed by atoms with E-state index in [9.17, 15) is 12.8 Å². The van der Waals surface area contributed by atoms with Crippen LogP contribution in [0.1, 0.15) is 18.4 Å². The van der Waals surface area contributed by atoms with Crippen LogP contribution in [0.4, 0.5) is 4.39 Å². The predicted molar refractivity (Wildman–Crippen MR) is 103 cm³/mol. The molecule has 2 aromatic carbocycles. The van der Waals surface area contributed by atoms with Crippen LogP contribution in [0.2, 0.25) is 0 Å². The van der Waals surface area contributed by atoms with Crippen molar-refractivity contribution in [3.63, 3.8) is 0 Å². The number of hydrogen-bond acceptors (Lipinski definition) is 4. The second-order valence-corrected chi connectivity index (χ2v) is 8.70. The fourth-order valence-corrected chi connectivity index (χ4v) is 4.83. The lowest BCUT2D eigenvalue weighted by Crippen LogP contribution is -2.40. The molecule has 3 rings (SSSR count). The Morgan fingerprint density at radius 1 is 1.15 bits per heavy atom. The van der Waals surface area contributed by atoms with Gasteiger partial charge in [-0.3, -0.25) is 0 Å². The largest absolute Gasteiger partial charge is 0.494 e. The molecule has 27 heavy (non-hydrogen) atoms. The summed E-state index contributed by atoms with van der Waals surface area (Å²) in [6.45, 7) is 2.41. The number of piperidine rings is 1. The molecule has 0 saturated carbocycles. The van der Waals surface area contributed by atoms with Gasteiger partial charge in [-0.15, -0.1) is 0 Å². The minimum Gasteiger partial charge on any atom is -0.494 e. The number of ether oxygens (including phenoxy) is 1. The van der Waals surface area contributed by atoms with Crippen LogP contribution in [-0.2, 0) is 16.6 Å². The summed E-state index contributed by atoms with van der Waals surface area (Å²) in [5.74, 6) is 0.289. The van der Waals surface area contributed by atoms with Crippen LogP contribution < -0.4 is 10.1 Å². The van der Waals surface area contributed by atoms with E-state index in [-0.39, 0.29) is 11.6 Å². The van der Waals surface area contributed by atoms with Gasteiger partial charge in [0.15, 0.2) is 11.6 Å². The zero-order chi connectivity index (χ0) is 19.3. The van der Waals surface area contributed by atoms with Gasteiger partial charge in [0, 0.05) is 19.6 Å². The molecule has 2 aromatic rings. The summed E-state index contributed by atoms with van der Waals surface area (Å²) in [5.41, 5.74) is 0.859.